The van der Waals surface area contributed by atoms with Gasteiger partial charge in [0.25, 0.3) is 0 Å². The number of hydrogen-bond donors (Lipinski definition) is 0. The smallest absolute Gasteiger partial charge is 0.143 e. The Morgan fingerprint density at radius 3 is 1.76 bits per heavy atom. The van der Waals surface area contributed by atoms with E-state index < -0.39 is 0 Å². The summed E-state index contributed by atoms with van der Waals surface area (Å²) in [6, 6.07) is 54.3. The van der Waals surface area contributed by atoms with Crippen molar-refractivity contribution in [1.82, 2.24) is 0 Å². The van der Waals surface area contributed by atoms with E-state index in [-0.39, 0.29) is 0 Å². The topological polar surface area (TPSA) is 26.3 Å². The number of thiophene rings is 1. The van der Waals surface area contributed by atoms with Gasteiger partial charge in [-0.05, 0) is 62.5 Å². The van der Waals surface area contributed by atoms with Crippen LogP contribution in [-0.4, -0.2) is 0 Å². The summed E-state index contributed by atoms with van der Waals surface area (Å²) in [5.74, 6) is 0. The molecule has 0 atom stereocenters. The average molecular weight is 643 g/mol. The van der Waals surface area contributed by atoms with Gasteiger partial charge in [0.05, 0.1) is 6.26 Å². The van der Waals surface area contributed by atoms with E-state index in [9.17, 15) is 0 Å². The maximum atomic E-state index is 6.68. The van der Waals surface area contributed by atoms with Gasteiger partial charge in [-0.15, -0.1) is 11.3 Å². The highest BCUT2D eigenvalue weighted by Gasteiger charge is 2.26. The summed E-state index contributed by atoms with van der Waals surface area (Å²) in [6.45, 7) is 0. The van der Waals surface area contributed by atoms with E-state index in [0.717, 1.165) is 55.2 Å². The van der Waals surface area contributed by atoms with Crippen LogP contribution in [0.4, 0.5) is 0 Å². The zero-order chi connectivity index (χ0) is 32.1. The molecule has 228 valence electrons. The first-order chi connectivity index (χ1) is 24.3. The first kappa shape index (κ1) is 26.9. The number of fused-ring (bicyclic) bond motifs is 9. The van der Waals surface area contributed by atoms with Gasteiger partial charge in [-0.3, -0.25) is 0 Å². The molecule has 0 aliphatic heterocycles. The Bertz CT molecular complexity index is 3050. The van der Waals surface area contributed by atoms with Crippen molar-refractivity contribution in [3.63, 3.8) is 0 Å². The van der Waals surface area contributed by atoms with E-state index in [0.29, 0.717) is 0 Å². The molecule has 11 aromatic rings. The maximum Gasteiger partial charge on any atom is 0.143 e. The van der Waals surface area contributed by atoms with E-state index in [1.165, 1.54) is 52.8 Å². The number of hydrogen-bond acceptors (Lipinski definition) is 3. The van der Waals surface area contributed by atoms with Crippen LogP contribution in [0.2, 0.25) is 0 Å². The monoisotopic (exact) mass is 642 g/mol. The SMILES string of the molecule is c1ccc(-c2coc3c(-c4c5ccccc5c(-c5cccc6sc7ccccc7c56)c5ccccc45)c4c(cc23)oc2ccccc24)cc1. The third-order valence-corrected chi connectivity index (χ3v) is 11.3. The zero-order valence-corrected chi connectivity index (χ0v) is 27.1. The second kappa shape index (κ2) is 10.2. The molecule has 0 bridgehead atoms. The minimum atomic E-state index is 0.856. The Morgan fingerprint density at radius 2 is 1.00 bits per heavy atom. The predicted molar refractivity (Wildman–Crippen MR) is 208 cm³/mol. The molecule has 0 radical (unpaired) electrons. The molecule has 0 fully saturated rings. The standard InChI is InChI=1S/C46H26O2S/c1-2-13-27(14-3-1)36-26-47-46-35(36)25-38-44(32-19-8-10-22-37(32)48-38)45(46)43-30-17-6-4-15-28(30)41(29-16-5-7-18-31(29)43)34-21-12-24-40-42(34)33-20-9-11-23-39(33)49-40/h1-26H. The molecule has 0 aliphatic rings. The predicted octanol–water partition coefficient (Wildman–Crippen LogP) is 14.0. The lowest BCUT2D eigenvalue weighted by Gasteiger charge is -2.19. The van der Waals surface area contributed by atoms with E-state index in [1.54, 1.807) is 0 Å². The van der Waals surface area contributed by atoms with Gasteiger partial charge in [0.1, 0.15) is 16.7 Å². The minimum absolute atomic E-state index is 0.856. The van der Waals surface area contributed by atoms with Gasteiger partial charge in [0.15, 0.2) is 0 Å². The van der Waals surface area contributed by atoms with Crippen molar-refractivity contribution < 1.29 is 8.83 Å². The van der Waals surface area contributed by atoms with Crippen LogP contribution < -0.4 is 0 Å². The summed E-state index contributed by atoms with van der Waals surface area (Å²) in [5, 5.41) is 10.6. The fourth-order valence-corrected chi connectivity index (χ4v) is 9.26. The Kier molecular flexibility index (Phi) is 5.57. The molecule has 3 heteroatoms. The highest BCUT2D eigenvalue weighted by molar-refractivity contribution is 7.25. The van der Waals surface area contributed by atoms with Crippen LogP contribution in [0.1, 0.15) is 0 Å². The van der Waals surface area contributed by atoms with Crippen LogP contribution in [-0.2, 0) is 0 Å². The van der Waals surface area contributed by atoms with Gasteiger partial charge >= 0.3 is 0 Å². The van der Waals surface area contributed by atoms with Gasteiger partial charge in [-0.2, -0.15) is 0 Å². The van der Waals surface area contributed by atoms with E-state index in [1.807, 2.05) is 29.7 Å². The molecule has 0 aliphatic carbocycles. The average Bonchev–Trinajstić information content (AvgIpc) is 3.87. The molecule has 3 aromatic heterocycles. The lowest BCUT2D eigenvalue weighted by atomic mass is 9.83. The number of rotatable bonds is 3. The van der Waals surface area contributed by atoms with Crippen molar-refractivity contribution in [2.75, 3.05) is 0 Å². The fourth-order valence-electron chi connectivity index (χ4n) is 8.12. The molecule has 0 saturated heterocycles. The molecule has 0 saturated carbocycles. The maximum absolute atomic E-state index is 6.68. The summed E-state index contributed by atoms with van der Waals surface area (Å²) >= 11 is 1.86. The summed E-state index contributed by atoms with van der Waals surface area (Å²) in [5.41, 5.74) is 9.51. The van der Waals surface area contributed by atoms with Gasteiger partial charge in [0.2, 0.25) is 0 Å². The van der Waals surface area contributed by atoms with Crippen molar-refractivity contribution in [3.8, 4) is 33.4 Å². The molecular weight excluding hydrogens is 617 g/mol. The second-order valence-electron chi connectivity index (χ2n) is 12.7. The lowest BCUT2D eigenvalue weighted by molar-refractivity contribution is 0.618. The van der Waals surface area contributed by atoms with Gasteiger partial charge in [0, 0.05) is 53.0 Å². The van der Waals surface area contributed by atoms with Crippen LogP contribution >= 0.6 is 11.3 Å². The molecule has 49 heavy (non-hydrogen) atoms. The van der Waals surface area contributed by atoms with Crippen LogP contribution in [0.3, 0.4) is 0 Å². The Labute approximate surface area is 285 Å². The zero-order valence-electron chi connectivity index (χ0n) is 26.2. The Hall–Kier alpha value is -6.16. The summed E-state index contributed by atoms with van der Waals surface area (Å²) < 4.78 is 15.9. The van der Waals surface area contributed by atoms with Gasteiger partial charge in [-0.1, -0.05) is 127 Å². The van der Waals surface area contributed by atoms with E-state index in [2.05, 4.69) is 140 Å². The third kappa shape index (κ3) is 3.76. The lowest BCUT2D eigenvalue weighted by Crippen LogP contribution is -1.92. The first-order valence-corrected chi connectivity index (χ1v) is 17.4. The quantitative estimate of drug-likeness (QED) is 0.179. The van der Waals surface area contributed by atoms with Crippen molar-refractivity contribution in [2.24, 2.45) is 0 Å². The highest BCUT2D eigenvalue weighted by atomic mass is 32.1. The molecular formula is C46H26O2S. The van der Waals surface area contributed by atoms with Crippen molar-refractivity contribution in [1.29, 1.82) is 0 Å². The Balaban J connectivity index is 1.35. The highest BCUT2D eigenvalue weighted by Crippen LogP contribution is 2.52. The van der Waals surface area contributed by atoms with Crippen molar-refractivity contribution >= 4 is 86.0 Å². The molecule has 0 spiro atoms. The number of para-hydroxylation sites is 1. The number of furan rings is 2. The van der Waals surface area contributed by atoms with Crippen LogP contribution in [0.5, 0.6) is 0 Å². The largest absolute Gasteiger partial charge is 0.463 e. The Morgan fingerprint density at radius 1 is 0.388 bits per heavy atom. The molecule has 0 unspecified atom stereocenters. The molecule has 11 rings (SSSR count). The summed E-state index contributed by atoms with van der Waals surface area (Å²) in [6.07, 6.45) is 1.91. The summed E-state index contributed by atoms with van der Waals surface area (Å²) in [7, 11) is 0. The van der Waals surface area contributed by atoms with E-state index >= 15 is 0 Å². The van der Waals surface area contributed by atoms with Crippen LogP contribution in [0.15, 0.2) is 167 Å². The minimum Gasteiger partial charge on any atom is -0.463 e. The molecule has 8 aromatic carbocycles. The second-order valence-corrected chi connectivity index (χ2v) is 13.8. The normalized spacial score (nSPS) is 12.1. The van der Waals surface area contributed by atoms with Gasteiger partial charge in [-0.25, -0.2) is 0 Å². The fraction of sp³-hybridized carbons (Fsp3) is 0. The molecule has 0 N–H and O–H groups in total. The molecule has 2 nitrogen and oxygen atoms in total. The first-order valence-electron chi connectivity index (χ1n) is 16.6. The van der Waals surface area contributed by atoms with Gasteiger partial charge < -0.3 is 8.83 Å². The summed E-state index contributed by atoms with van der Waals surface area (Å²) in [4.78, 5) is 0. The van der Waals surface area contributed by atoms with Crippen LogP contribution in [0, 0.1) is 0 Å². The molecule has 0 amide bonds. The van der Waals surface area contributed by atoms with Crippen LogP contribution in [0.25, 0.3) is 108 Å². The number of benzene rings is 8. The van der Waals surface area contributed by atoms with Crippen molar-refractivity contribution in [3.05, 3.63) is 158 Å². The van der Waals surface area contributed by atoms with Crippen molar-refractivity contribution in [2.45, 2.75) is 0 Å². The third-order valence-electron chi connectivity index (χ3n) is 10.1. The molecule has 3 heterocycles. The van der Waals surface area contributed by atoms with E-state index in [4.69, 9.17) is 8.83 Å².